The van der Waals surface area contributed by atoms with E-state index in [0.29, 0.717) is 0 Å². The number of hydrogen-bond donors (Lipinski definition) is 0. The molecule has 0 heterocycles. The molecule has 0 aliphatic rings. The lowest BCUT2D eigenvalue weighted by Crippen LogP contribution is -2.83. The molecule has 4 aromatic rings. The molecule has 0 fully saturated rings. The van der Waals surface area contributed by atoms with E-state index in [1.165, 1.54) is 11.1 Å². The van der Waals surface area contributed by atoms with Gasteiger partial charge in [0.25, 0.3) is 0 Å². The third kappa shape index (κ3) is 5.13. The van der Waals surface area contributed by atoms with Crippen molar-refractivity contribution in [2.24, 2.45) is 4.66 Å². The van der Waals surface area contributed by atoms with Crippen molar-refractivity contribution in [3.05, 3.63) is 132 Å². The first-order chi connectivity index (χ1) is 18.8. The van der Waals surface area contributed by atoms with Gasteiger partial charge in [-0.05, 0) is 28.1 Å². The molecule has 0 aliphatic heterocycles. The van der Waals surface area contributed by atoms with Gasteiger partial charge in [-0.3, -0.25) is 0 Å². The smallest absolute Gasteiger partial charge is 0.175 e. The highest BCUT2D eigenvalue weighted by Gasteiger charge is 2.72. The molecule has 1 nitrogen and oxygen atoms in total. The molecule has 0 saturated heterocycles. The van der Waals surface area contributed by atoms with Crippen LogP contribution in [0.2, 0.25) is 62.8 Å². The normalized spacial score (nSPS) is 13.1. The predicted molar refractivity (Wildman–Crippen MR) is 189 cm³/mol. The largest absolute Gasteiger partial charge is 0.321 e. The summed E-state index contributed by atoms with van der Waals surface area (Å²) in [6.07, 6.45) is 0. The Morgan fingerprint density at radius 1 is 0.450 bits per heavy atom. The molecule has 5 heteroatoms. The summed E-state index contributed by atoms with van der Waals surface area (Å²) in [4.78, 5) is 0. The van der Waals surface area contributed by atoms with Crippen LogP contribution in [0.4, 0.5) is 0 Å². The Hall–Kier alpha value is -2.58. The van der Waals surface area contributed by atoms with Crippen LogP contribution in [0.5, 0.6) is 0 Å². The minimum atomic E-state index is -2.41. The summed E-state index contributed by atoms with van der Waals surface area (Å²) in [6, 6.07) is 45.0. The number of hydrogen-bond acceptors (Lipinski definition) is 1. The minimum absolute atomic E-state index is 0.192. The first-order valence-electron chi connectivity index (χ1n) is 14.6. The average Bonchev–Trinajstić information content (AvgIpc) is 2.92. The van der Waals surface area contributed by atoms with Crippen LogP contribution in [-0.4, -0.2) is 38.2 Å². The van der Waals surface area contributed by atoms with Crippen LogP contribution in [-0.2, 0) is 0 Å². The summed E-state index contributed by atoms with van der Waals surface area (Å²) in [5.74, 6) is 0. The lowest BCUT2D eigenvalue weighted by Gasteiger charge is -2.66. The molecule has 4 rings (SSSR count). The van der Waals surface area contributed by atoms with Crippen LogP contribution in [0.3, 0.4) is 0 Å². The van der Waals surface area contributed by atoms with Gasteiger partial charge in [0.2, 0.25) is 0 Å². The highest BCUT2D eigenvalue weighted by molar-refractivity contribution is 7.35. The van der Waals surface area contributed by atoms with E-state index >= 15 is 0 Å². The molecule has 40 heavy (non-hydrogen) atoms. The third-order valence-corrected chi connectivity index (χ3v) is 44.2. The Morgan fingerprint density at radius 3 is 1.05 bits per heavy atom. The molecule has 208 valence electrons. The Morgan fingerprint density at radius 2 is 0.750 bits per heavy atom. The molecular weight excluding hydrogens is 547 g/mol. The van der Waals surface area contributed by atoms with Crippen molar-refractivity contribution < 1.29 is 0 Å². The van der Waals surface area contributed by atoms with Crippen molar-refractivity contribution in [1.29, 1.82) is 0 Å². The summed E-state index contributed by atoms with van der Waals surface area (Å²) in [5.41, 5.74) is 3.60. The van der Waals surface area contributed by atoms with Crippen LogP contribution in [0, 0.1) is 0 Å². The van der Waals surface area contributed by atoms with Gasteiger partial charge in [0.15, 0.2) is 8.24 Å². The minimum Gasteiger partial charge on any atom is -0.321 e. The maximum absolute atomic E-state index is 6.13. The molecule has 0 N–H and O–H groups in total. The summed E-state index contributed by atoms with van der Waals surface area (Å²) >= 11 is 0. The Bertz CT molecular complexity index is 1320. The van der Waals surface area contributed by atoms with E-state index in [1.807, 2.05) is 0 Å². The lowest BCUT2D eigenvalue weighted by atomic mass is 10.0. The van der Waals surface area contributed by atoms with E-state index in [-0.39, 0.29) is 3.91 Å². The molecular formula is C35H47NSi4. The number of nitrogens with zero attached hydrogens (tertiary/aromatic N) is 1. The fourth-order valence-corrected chi connectivity index (χ4v) is 56.6. The zero-order valence-corrected chi connectivity index (χ0v) is 30.0. The molecule has 0 atom stereocenters. The summed E-state index contributed by atoms with van der Waals surface area (Å²) in [5, 5.41) is 3.12. The molecule has 0 aromatic heterocycles. The standard InChI is InChI=1S/C35H47NSi4/c1-37(2,3)35(38(4,5)6,40(9,32-26-18-12-19-27-32)33-28-20-13-21-29-33)39(7,8)36-34(30-22-14-10-15-23-30)31-24-16-11-17-25-31/h10-29H,1-9H3. The molecule has 0 amide bonds. The second kappa shape index (κ2) is 11.4. The predicted octanol–water partition coefficient (Wildman–Crippen LogP) is 8.66. The Kier molecular flexibility index (Phi) is 8.63. The second-order valence-electron chi connectivity index (χ2n) is 13.9. The van der Waals surface area contributed by atoms with E-state index < -0.39 is 32.5 Å². The van der Waals surface area contributed by atoms with Gasteiger partial charge in [-0.2, -0.15) is 0 Å². The van der Waals surface area contributed by atoms with Gasteiger partial charge in [0.1, 0.15) is 8.07 Å². The zero-order chi connectivity index (χ0) is 29.2. The SMILES string of the molecule is C[Si](C)(C)C([Si](C)(C)C)([Si](C)(C)N=C(c1ccccc1)c1ccccc1)[Si](C)(c1ccccc1)c1ccccc1. The van der Waals surface area contributed by atoms with E-state index in [9.17, 15) is 0 Å². The zero-order valence-electron chi connectivity index (χ0n) is 26.0. The summed E-state index contributed by atoms with van der Waals surface area (Å²) < 4.78 is 6.32. The fraction of sp³-hybridized carbons (Fsp3) is 0.286. The van der Waals surface area contributed by atoms with Gasteiger partial charge in [-0.15, -0.1) is 0 Å². The van der Waals surface area contributed by atoms with Crippen LogP contribution in [0.1, 0.15) is 11.1 Å². The van der Waals surface area contributed by atoms with Gasteiger partial charge in [-0.1, -0.05) is 178 Å². The topological polar surface area (TPSA) is 12.4 Å². The van der Waals surface area contributed by atoms with E-state index in [2.05, 4.69) is 180 Å². The summed E-state index contributed by atoms with van der Waals surface area (Å²) in [6.45, 7) is 23.9. The molecule has 0 aliphatic carbocycles. The van der Waals surface area contributed by atoms with Crippen LogP contribution >= 0.6 is 0 Å². The van der Waals surface area contributed by atoms with Gasteiger partial charge in [0, 0.05) is 16.1 Å². The van der Waals surface area contributed by atoms with Crippen molar-refractivity contribution in [3.8, 4) is 0 Å². The van der Waals surface area contributed by atoms with Crippen molar-refractivity contribution in [3.63, 3.8) is 0 Å². The van der Waals surface area contributed by atoms with Gasteiger partial charge in [0.05, 0.1) is 5.71 Å². The third-order valence-electron chi connectivity index (χ3n) is 9.11. The molecule has 4 aromatic carbocycles. The summed E-state index contributed by atoms with van der Waals surface area (Å²) in [7, 11) is -8.59. The molecule has 0 bridgehead atoms. The molecule has 0 radical (unpaired) electrons. The second-order valence-corrected chi connectivity index (χ2v) is 35.6. The van der Waals surface area contributed by atoms with Crippen LogP contribution in [0.15, 0.2) is 126 Å². The van der Waals surface area contributed by atoms with E-state index in [1.54, 1.807) is 10.4 Å². The maximum atomic E-state index is 6.13. The van der Waals surface area contributed by atoms with E-state index in [4.69, 9.17) is 4.66 Å². The Balaban J connectivity index is 2.19. The van der Waals surface area contributed by atoms with Gasteiger partial charge >= 0.3 is 0 Å². The van der Waals surface area contributed by atoms with Crippen molar-refractivity contribution in [1.82, 2.24) is 0 Å². The lowest BCUT2D eigenvalue weighted by molar-refractivity contribution is 1.17. The van der Waals surface area contributed by atoms with Crippen molar-refractivity contribution in [2.45, 2.75) is 62.8 Å². The molecule has 0 unspecified atom stereocenters. The van der Waals surface area contributed by atoms with E-state index in [0.717, 1.165) is 5.71 Å². The molecule has 0 saturated carbocycles. The number of benzene rings is 4. The maximum Gasteiger partial charge on any atom is 0.175 e. The first kappa shape index (κ1) is 30.4. The Labute approximate surface area is 247 Å². The van der Waals surface area contributed by atoms with Crippen LogP contribution < -0.4 is 10.4 Å². The van der Waals surface area contributed by atoms with Gasteiger partial charge in [-0.25, -0.2) is 0 Å². The van der Waals surface area contributed by atoms with Crippen molar-refractivity contribution in [2.75, 3.05) is 0 Å². The average molecular weight is 594 g/mol. The van der Waals surface area contributed by atoms with Crippen LogP contribution in [0.25, 0.3) is 0 Å². The van der Waals surface area contributed by atoms with Crippen molar-refractivity contribution >= 4 is 48.5 Å². The highest BCUT2D eigenvalue weighted by atomic mass is 28.5. The van der Waals surface area contributed by atoms with Gasteiger partial charge < -0.3 is 4.66 Å². The number of rotatable bonds is 9. The first-order valence-corrected chi connectivity index (χ1v) is 27.0. The quantitative estimate of drug-likeness (QED) is 0.136. The monoisotopic (exact) mass is 593 g/mol. The molecule has 0 spiro atoms. The fourth-order valence-electron chi connectivity index (χ4n) is 9.07. The highest BCUT2D eigenvalue weighted by Crippen LogP contribution is 2.59.